The average Bonchev–Trinajstić information content (AvgIpc) is 1.82. The lowest BCUT2D eigenvalue weighted by molar-refractivity contribution is 0.601. The first-order valence-electron chi connectivity index (χ1n) is 2.56. The van der Waals surface area contributed by atoms with E-state index in [1.54, 1.807) is 0 Å². The van der Waals surface area contributed by atoms with Crippen molar-refractivity contribution in [2.24, 2.45) is 5.73 Å². The standard InChI is InChI=1S/C4H9NO2S.2ClH/c5-4-1-2-8(6,7)3-4;;/h4H,1-3,5H2;2*1H. The molecule has 0 amide bonds. The normalized spacial score (nSPS) is 28.3. The van der Waals surface area contributed by atoms with E-state index in [1.807, 2.05) is 0 Å². The number of sulfone groups is 1. The van der Waals surface area contributed by atoms with Crippen molar-refractivity contribution in [3.05, 3.63) is 0 Å². The molecule has 64 valence electrons. The van der Waals surface area contributed by atoms with Crippen LogP contribution in [-0.2, 0) is 9.84 Å². The summed E-state index contributed by atoms with van der Waals surface area (Å²) in [5.74, 6) is 0.473. The zero-order valence-electron chi connectivity index (χ0n) is 5.32. The van der Waals surface area contributed by atoms with Gasteiger partial charge < -0.3 is 5.73 Å². The third-order valence-electron chi connectivity index (χ3n) is 1.27. The molecule has 1 unspecified atom stereocenters. The van der Waals surface area contributed by atoms with Crippen molar-refractivity contribution >= 4 is 34.7 Å². The molecule has 3 nitrogen and oxygen atoms in total. The SMILES string of the molecule is Cl.Cl.NC1CCS(=O)(=O)C1. The van der Waals surface area contributed by atoms with E-state index in [2.05, 4.69) is 0 Å². The van der Waals surface area contributed by atoms with Gasteiger partial charge in [-0.2, -0.15) is 0 Å². The molecule has 1 aliphatic heterocycles. The molecule has 0 aromatic heterocycles. The van der Waals surface area contributed by atoms with Crippen molar-refractivity contribution in [2.45, 2.75) is 12.5 Å². The van der Waals surface area contributed by atoms with Crippen molar-refractivity contribution in [1.82, 2.24) is 0 Å². The number of hydrogen-bond acceptors (Lipinski definition) is 3. The molecular weight excluding hydrogens is 197 g/mol. The Labute approximate surface area is 73.1 Å². The lowest BCUT2D eigenvalue weighted by atomic mass is 10.3. The number of rotatable bonds is 0. The minimum absolute atomic E-state index is 0. The highest BCUT2D eigenvalue weighted by Crippen LogP contribution is 2.07. The third kappa shape index (κ3) is 3.61. The molecule has 1 atom stereocenters. The lowest BCUT2D eigenvalue weighted by Crippen LogP contribution is -2.20. The van der Waals surface area contributed by atoms with Crippen LogP contribution in [0.3, 0.4) is 0 Å². The molecule has 0 spiro atoms. The van der Waals surface area contributed by atoms with Crippen LogP contribution in [0.5, 0.6) is 0 Å². The van der Waals surface area contributed by atoms with Gasteiger partial charge in [0.2, 0.25) is 0 Å². The first kappa shape index (κ1) is 13.1. The van der Waals surface area contributed by atoms with Crippen LogP contribution in [0, 0.1) is 0 Å². The zero-order chi connectivity index (χ0) is 6.20. The van der Waals surface area contributed by atoms with E-state index in [-0.39, 0.29) is 42.4 Å². The van der Waals surface area contributed by atoms with Gasteiger partial charge in [-0.1, -0.05) is 0 Å². The van der Waals surface area contributed by atoms with Crippen molar-refractivity contribution in [2.75, 3.05) is 11.5 Å². The number of hydrogen-bond donors (Lipinski definition) is 1. The minimum atomic E-state index is -2.72. The highest BCUT2D eigenvalue weighted by atomic mass is 35.5. The van der Waals surface area contributed by atoms with Gasteiger partial charge >= 0.3 is 0 Å². The summed E-state index contributed by atoms with van der Waals surface area (Å²) in [6.45, 7) is 0. The molecule has 6 heteroatoms. The Balaban J connectivity index is 0. The summed E-state index contributed by atoms with van der Waals surface area (Å²) in [6, 6.07) is -0.0972. The Morgan fingerprint density at radius 3 is 1.90 bits per heavy atom. The maximum absolute atomic E-state index is 10.6. The molecular formula is C4H11Cl2NO2S. The first-order valence-corrected chi connectivity index (χ1v) is 4.38. The van der Waals surface area contributed by atoms with Crippen molar-refractivity contribution in [3.63, 3.8) is 0 Å². The Bertz CT molecular complexity index is 180. The smallest absolute Gasteiger partial charge is 0.151 e. The molecule has 0 aromatic carbocycles. The fraction of sp³-hybridized carbons (Fsp3) is 1.00. The monoisotopic (exact) mass is 207 g/mol. The Hall–Kier alpha value is 0.490. The summed E-state index contributed by atoms with van der Waals surface area (Å²) >= 11 is 0. The third-order valence-corrected chi connectivity index (χ3v) is 3.06. The Kier molecular flexibility index (Phi) is 5.75. The van der Waals surface area contributed by atoms with Crippen molar-refractivity contribution < 1.29 is 8.42 Å². The first-order chi connectivity index (χ1) is 3.60. The van der Waals surface area contributed by atoms with E-state index >= 15 is 0 Å². The van der Waals surface area contributed by atoms with Gasteiger partial charge in [0.25, 0.3) is 0 Å². The van der Waals surface area contributed by atoms with Crippen LogP contribution in [0.4, 0.5) is 0 Å². The molecule has 0 aromatic rings. The molecule has 0 saturated carbocycles. The summed E-state index contributed by atoms with van der Waals surface area (Å²) in [5.41, 5.74) is 5.33. The average molecular weight is 208 g/mol. The topological polar surface area (TPSA) is 60.2 Å². The second-order valence-corrected chi connectivity index (χ2v) is 4.39. The van der Waals surface area contributed by atoms with E-state index < -0.39 is 9.84 Å². The largest absolute Gasteiger partial charge is 0.327 e. The fourth-order valence-corrected chi connectivity index (χ4v) is 2.47. The maximum atomic E-state index is 10.6. The highest BCUT2D eigenvalue weighted by molar-refractivity contribution is 7.91. The highest BCUT2D eigenvalue weighted by Gasteiger charge is 2.24. The summed E-state index contributed by atoms with van der Waals surface area (Å²) in [5, 5.41) is 0. The van der Waals surface area contributed by atoms with Gasteiger partial charge in [-0.05, 0) is 6.42 Å². The predicted molar refractivity (Wildman–Crippen MR) is 45.7 cm³/mol. The van der Waals surface area contributed by atoms with Crippen LogP contribution in [0.1, 0.15) is 6.42 Å². The molecule has 1 fully saturated rings. The molecule has 0 aliphatic carbocycles. The van der Waals surface area contributed by atoms with E-state index in [9.17, 15) is 8.42 Å². The van der Waals surface area contributed by atoms with Crippen molar-refractivity contribution in [3.8, 4) is 0 Å². The molecule has 10 heavy (non-hydrogen) atoms. The molecule has 1 saturated heterocycles. The summed E-state index contributed by atoms with van der Waals surface area (Å²) < 4.78 is 21.1. The second kappa shape index (κ2) is 4.38. The van der Waals surface area contributed by atoms with E-state index in [0.29, 0.717) is 6.42 Å². The van der Waals surface area contributed by atoms with Crippen LogP contribution in [0.25, 0.3) is 0 Å². The van der Waals surface area contributed by atoms with Gasteiger partial charge in [-0.25, -0.2) is 8.42 Å². The van der Waals surface area contributed by atoms with Crippen LogP contribution in [0.2, 0.25) is 0 Å². The number of nitrogens with two attached hydrogens (primary N) is 1. The predicted octanol–water partition coefficient (Wildman–Crippen LogP) is -0.0242. The summed E-state index contributed by atoms with van der Waals surface area (Å²) in [7, 11) is -2.72. The van der Waals surface area contributed by atoms with E-state index in [4.69, 9.17) is 5.73 Å². The second-order valence-electron chi connectivity index (χ2n) is 2.16. The van der Waals surface area contributed by atoms with Crippen LogP contribution in [0.15, 0.2) is 0 Å². The van der Waals surface area contributed by atoms with Crippen LogP contribution < -0.4 is 5.73 Å². The maximum Gasteiger partial charge on any atom is 0.151 e. The quantitative estimate of drug-likeness (QED) is 0.608. The van der Waals surface area contributed by atoms with Gasteiger partial charge in [-0.3, -0.25) is 0 Å². The molecule has 0 bridgehead atoms. The molecule has 1 heterocycles. The lowest BCUT2D eigenvalue weighted by Gasteiger charge is -1.91. The Morgan fingerprint density at radius 2 is 1.80 bits per heavy atom. The van der Waals surface area contributed by atoms with Gasteiger partial charge in [0.1, 0.15) is 0 Å². The van der Waals surface area contributed by atoms with Gasteiger partial charge in [0.15, 0.2) is 9.84 Å². The fourth-order valence-electron chi connectivity index (χ4n) is 0.824. The molecule has 1 aliphatic rings. The van der Waals surface area contributed by atoms with E-state index in [0.717, 1.165) is 0 Å². The van der Waals surface area contributed by atoms with Crippen LogP contribution in [-0.4, -0.2) is 26.0 Å². The van der Waals surface area contributed by atoms with Gasteiger partial charge in [0, 0.05) is 6.04 Å². The van der Waals surface area contributed by atoms with Gasteiger partial charge in [-0.15, -0.1) is 24.8 Å². The van der Waals surface area contributed by atoms with Crippen LogP contribution >= 0.6 is 24.8 Å². The zero-order valence-corrected chi connectivity index (χ0v) is 7.77. The Morgan fingerprint density at radius 1 is 1.30 bits per heavy atom. The van der Waals surface area contributed by atoms with Gasteiger partial charge in [0.05, 0.1) is 11.5 Å². The van der Waals surface area contributed by atoms with E-state index in [1.165, 1.54) is 0 Å². The molecule has 0 radical (unpaired) electrons. The van der Waals surface area contributed by atoms with Crippen molar-refractivity contribution in [1.29, 1.82) is 0 Å². The number of halogens is 2. The molecule has 2 N–H and O–H groups in total. The minimum Gasteiger partial charge on any atom is -0.327 e. The summed E-state index contributed by atoms with van der Waals surface area (Å²) in [6.07, 6.45) is 0.641. The molecule has 1 rings (SSSR count). The summed E-state index contributed by atoms with van der Waals surface area (Å²) in [4.78, 5) is 0.